The number of rotatable bonds is 4. The van der Waals surface area contributed by atoms with Gasteiger partial charge in [-0.2, -0.15) is 0 Å². The molecule has 0 aliphatic carbocycles. The highest BCUT2D eigenvalue weighted by Gasteiger charge is 2.43. The van der Waals surface area contributed by atoms with Gasteiger partial charge in [-0.15, -0.1) is 5.10 Å². The molecule has 2 aromatic rings. The highest BCUT2D eigenvalue weighted by Crippen LogP contribution is 2.33. The Morgan fingerprint density at radius 3 is 2.84 bits per heavy atom. The number of ether oxygens (including phenoxy) is 1. The Hall–Kier alpha value is -2.48. The number of carbonyl (C=O) groups is 1. The summed E-state index contributed by atoms with van der Waals surface area (Å²) >= 11 is 0. The number of benzene rings is 1. The van der Waals surface area contributed by atoms with Crippen molar-refractivity contribution in [2.75, 3.05) is 20.2 Å². The number of likely N-dealkylation sites (tertiary alicyclic amines) is 1. The van der Waals surface area contributed by atoms with Crippen molar-refractivity contribution >= 4 is 5.91 Å². The van der Waals surface area contributed by atoms with Crippen LogP contribution in [0.15, 0.2) is 24.4 Å². The first-order valence-electron chi connectivity index (χ1n) is 8.12. The zero-order chi connectivity index (χ0) is 18.2. The Bertz CT molecular complexity index is 792. The van der Waals surface area contributed by atoms with E-state index >= 15 is 0 Å². The number of carbonyl (C=O) groups excluding carboxylic acids is 1. The number of methoxy groups -OCH3 is 1. The first kappa shape index (κ1) is 17.3. The standard InChI is InChI=1S/C17H21FN4O3/c1-11(2)22-9-14(19-20-22)17(24)7-8-21(10-17)16(23)15-12(18)5-4-6-13(15)25-3/h4-6,9,11,24H,7-8,10H2,1-3H3. The van der Waals surface area contributed by atoms with Gasteiger partial charge in [-0.1, -0.05) is 11.3 Å². The normalized spacial score (nSPS) is 20.3. The van der Waals surface area contributed by atoms with Crippen LogP contribution in [0.2, 0.25) is 0 Å². The molecule has 0 saturated carbocycles. The fraction of sp³-hybridized carbons (Fsp3) is 0.471. The number of aliphatic hydroxyl groups is 1. The summed E-state index contributed by atoms with van der Waals surface area (Å²) in [6, 6.07) is 4.35. The van der Waals surface area contributed by atoms with E-state index in [1.54, 1.807) is 10.9 Å². The monoisotopic (exact) mass is 348 g/mol. The average molecular weight is 348 g/mol. The highest BCUT2D eigenvalue weighted by molar-refractivity contribution is 5.97. The second kappa shape index (κ2) is 6.44. The van der Waals surface area contributed by atoms with Gasteiger partial charge in [0, 0.05) is 19.0 Å². The van der Waals surface area contributed by atoms with E-state index in [0.29, 0.717) is 18.7 Å². The van der Waals surface area contributed by atoms with E-state index in [-0.39, 0.29) is 23.9 Å². The molecule has 25 heavy (non-hydrogen) atoms. The molecule has 1 fully saturated rings. The zero-order valence-electron chi connectivity index (χ0n) is 14.4. The third kappa shape index (κ3) is 3.09. The molecule has 0 bridgehead atoms. The van der Waals surface area contributed by atoms with Gasteiger partial charge >= 0.3 is 0 Å². The third-order valence-electron chi connectivity index (χ3n) is 4.46. The van der Waals surface area contributed by atoms with Gasteiger partial charge in [-0.25, -0.2) is 9.07 Å². The van der Waals surface area contributed by atoms with Crippen LogP contribution >= 0.6 is 0 Å². The second-order valence-corrected chi connectivity index (χ2v) is 6.50. The van der Waals surface area contributed by atoms with Gasteiger partial charge < -0.3 is 14.7 Å². The SMILES string of the molecule is COc1cccc(F)c1C(=O)N1CCC(O)(c2cn(C(C)C)nn2)C1. The molecule has 2 heterocycles. The van der Waals surface area contributed by atoms with Gasteiger partial charge in [-0.05, 0) is 26.0 Å². The number of halogens is 1. The summed E-state index contributed by atoms with van der Waals surface area (Å²) in [5.41, 5.74) is -1.00. The van der Waals surface area contributed by atoms with Crippen LogP contribution in [0, 0.1) is 5.82 Å². The average Bonchev–Trinajstić information content (AvgIpc) is 3.22. The van der Waals surface area contributed by atoms with Crippen LogP contribution in [0.5, 0.6) is 5.75 Å². The lowest BCUT2D eigenvalue weighted by Crippen LogP contribution is -2.35. The molecule has 1 N–H and O–H groups in total. The molecular formula is C17H21FN4O3. The summed E-state index contributed by atoms with van der Waals surface area (Å²) in [6.07, 6.45) is 1.99. The maximum atomic E-state index is 14.1. The van der Waals surface area contributed by atoms with Gasteiger partial charge in [-0.3, -0.25) is 4.79 Å². The maximum Gasteiger partial charge on any atom is 0.260 e. The van der Waals surface area contributed by atoms with Crippen LogP contribution in [0.4, 0.5) is 4.39 Å². The Labute approximate surface area is 145 Å². The second-order valence-electron chi connectivity index (χ2n) is 6.50. The number of hydrogen-bond donors (Lipinski definition) is 1. The topological polar surface area (TPSA) is 80.5 Å². The van der Waals surface area contributed by atoms with E-state index in [1.807, 2.05) is 13.8 Å². The van der Waals surface area contributed by atoms with E-state index < -0.39 is 17.3 Å². The van der Waals surface area contributed by atoms with Gasteiger partial charge in [0.25, 0.3) is 5.91 Å². The number of amides is 1. The van der Waals surface area contributed by atoms with Gasteiger partial charge in [0.2, 0.25) is 0 Å². The minimum absolute atomic E-state index is 0.0279. The molecule has 3 rings (SSSR count). The molecule has 7 nitrogen and oxygen atoms in total. The minimum Gasteiger partial charge on any atom is -0.496 e. The molecule has 8 heteroatoms. The Kier molecular flexibility index (Phi) is 4.47. The van der Waals surface area contributed by atoms with Crippen molar-refractivity contribution in [2.45, 2.75) is 31.9 Å². The molecule has 1 amide bonds. The molecular weight excluding hydrogens is 327 g/mol. The van der Waals surface area contributed by atoms with Crippen molar-refractivity contribution in [3.05, 3.63) is 41.5 Å². The van der Waals surface area contributed by atoms with Crippen molar-refractivity contribution in [3.8, 4) is 5.75 Å². The quantitative estimate of drug-likeness (QED) is 0.910. The maximum absolute atomic E-state index is 14.1. The fourth-order valence-electron chi connectivity index (χ4n) is 2.96. The molecule has 134 valence electrons. The van der Waals surface area contributed by atoms with E-state index in [0.717, 1.165) is 0 Å². The van der Waals surface area contributed by atoms with E-state index in [1.165, 1.54) is 30.2 Å². The van der Waals surface area contributed by atoms with Crippen LogP contribution in [-0.2, 0) is 5.60 Å². The molecule has 0 spiro atoms. The lowest BCUT2D eigenvalue weighted by molar-refractivity contribution is 0.0379. The first-order chi connectivity index (χ1) is 11.9. The summed E-state index contributed by atoms with van der Waals surface area (Å²) < 4.78 is 20.9. The van der Waals surface area contributed by atoms with Gasteiger partial charge in [0.15, 0.2) is 0 Å². The lowest BCUT2D eigenvalue weighted by Gasteiger charge is -2.22. The largest absolute Gasteiger partial charge is 0.496 e. The summed E-state index contributed by atoms with van der Waals surface area (Å²) in [5.74, 6) is -0.987. The van der Waals surface area contributed by atoms with Crippen LogP contribution in [-0.4, -0.2) is 51.1 Å². The van der Waals surface area contributed by atoms with Crippen molar-refractivity contribution in [2.24, 2.45) is 0 Å². The Morgan fingerprint density at radius 2 is 2.20 bits per heavy atom. The summed E-state index contributed by atoms with van der Waals surface area (Å²) in [5, 5.41) is 18.9. The molecule has 0 radical (unpaired) electrons. The number of β-amino-alcohol motifs (C(OH)–C–C–N with tert-alkyl or cyclic N) is 1. The van der Waals surface area contributed by atoms with Crippen molar-refractivity contribution in [3.63, 3.8) is 0 Å². The van der Waals surface area contributed by atoms with E-state index in [9.17, 15) is 14.3 Å². The molecule has 1 aromatic carbocycles. The molecule has 1 aliphatic heterocycles. The number of aromatic nitrogens is 3. The molecule has 1 aliphatic rings. The first-order valence-corrected chi connectivity index (χ1v) is 8.12. The van der Waals surface area contributed by atoms with Crippen molar-refractivity contribution in [1.82, 2.24) is 19.9 Å². The van der Waals surface area contributed by atoms with E-state index in [2.05, 4.69) is 10.3 Å². The van der Waals surface area contributed by atoms with E-state index in [4.69, 9.17) is 4.74 Å². The zero-order valence-corrected chi connectivity index (χ0v) is 14.4. The van der Waals surface area contributed by atoms with Gasteiger partial charge in [0.05, 0.1) is 19.9 Å². The minimum atomic E-state index is -1.29. The Morgan fingerprint density at radius 1 is 1.44 bits per heavy atom. The predicted octanol–water partition coefficient (Wildman–Crippen LogP) is 1.74. The van der Waals surface area contributed by atoms with Crippen LogP contribution in [0.1, 0.15) is 42.4 Å². The number of hydrogen-bond acceptors (Lipinski definition) is 5. The summed E-state index contributed by atoms with van der Waals surface area (Å²) in [4.78, 5) is 14.1. The lowest BCUT2D eigenvalue weighted by atomic mass is 10.00. The highest BCUT2D eigenvalue weighted by atomic mass is 19.1. The van der Waals surface area contributed by atoms with Gasteiger partial charge in [0.1, 0.15) is 28.4 Å². The van der Waals surface area contributed by atoms with Crippen LogP contribution < -0.4 is 4.74 Å². The number of nitrogens with zero attached hydrogens (tertiary/aromatic N) is 4. The molecule has 1 atom stereocenters. The molecule has 1 unspecified atom stereocenters. The third-order valence-corrected chi connectivity index (χ3v) is 4.46. The Balaban J connectivity index is 1.83. The fourth-order valence-corrected chi connectivity index (χ4v) is 2.96. The molecule has 1 saturated heterocycles. The van der Waals surface area contributed by atoms with Crippen molar-refractivity contribution in [1.29, 1.82) is 0 Å². The van der Waals surface area contributed by atoms with Crippen molar-refractivity contribution < 1.29 is 19.0 Å². The van der Waals surface area contributed by atoms with Crippen LogP contribution in [0.3, 0.4) is 0 Å². The predicted molar refractivity (Wildman–Crippen MR) is 87.8 cm³/mol. The smallest absolute Gasteiger partial charge is 0.260 e. The summed E-state index contributed by atoms with van der Waals surface area (Å²) in [7, 11) is 1.39. The van der Waals surface area contributed by atoms with Crippen LogP contribution in [0.25, 0.3) is 0 Å². The molecule has 1 aromatic heterocycles. The summed E-state index contributed by atoms with van der Waals surface area (Å²) in [6.45, 7) is 4.23.